The summed E-state index contributed by atoms with van der Waals surface area (Å²) in [5, 5.41) is 23.1. The van der Waals surface area contributed by atoms with Crippen LogP contribution in [0.1, 0.15) is 82.5 Å². The molecule has 10 nitrogen and oxygen atoms in total. The lowest BCUT2D eigenvalue weighted by molar-refractivity contribution is -0.179. The summed E-state index contributed by atoms with van der Waals surface area (Å²) >= 11 is 0. The van der Waals surface area contributed by atoms with E-state index < -0.39 is 40.7 Å². The maximum atomic E-state index is 14.3. The summed E-state index contributed by atoms with van der Waals surface area (Å²) in [7, 11) is 3.63. The largest absolute Gasteiger partial charge is 0.507 e. The van der Waals surface area contributed by atoms with E-state index in [1.807, 2.05) is 39.8 Å². The quantitative estimate of drug-likeness (QED) is 0.340. The minimum Gasteiger partial charge on any atom is -0.507 e. The second kappa shape index (κ2) is 9.06. The molecule has 0 saturated carbocycles. The highest BCUT2D eigenvalue weighted by atomic mass is 16.7. The first-order valence-corrected chi connectivity index (χ1v) is 14.6. The second-order valence-corrected chi connectivity index (χ2v) is 13.1. The van der Waals surface area contributed by atoms with E-state index in [4.69, 9.17) is 18.6 Å². The van der Waals surface area contributed by atoms with Gasteiger partial charge in [-0.1, -0.05) is 13.0 Å². The predicted molar refractivity (Wildman–Crippen MR) is 155 cm³/mol. The lowest BCUT2D eigenvalue weighted by atomic mass is 9.74. The van der Waals surface area contributed by atoms with Crippen LogP contribution in [0, 0.1) is 12.8 Å². The van der Waals surface area contributed by atoms with Gasteiger partial charge >= 0.3 is 0 Å². The van der Waals surface area contributed by atoms with Gasteiger partial charge in [-0.3, -0.25) is 19.3 Å². The molecule has 2 N–H and O–H groups in total. The molecule has 3 saturated heterocycles. The molecular formula is C33H35NO9. The van der Waals surface area contributed by atoms with Gasteiger partial charge in [0.25, 0.3) is 0 Å². The van der Waals surface area contributed by atoms with E-state index in [-0.39, 0.29) is 80.8 Å². The third-order valence-corrected chi connectivity index (χ3v) is 10.2. The number of ether oxygens (including phenoxy) is 3. The minimum absolute atomic E-state index is 0.0113. The number of phenols is 1. The lowest BCUT2D eigenvalue weighted by Crippen LogP contribution is -2.61. The number of carbonyl (C=O) groups is 2. The average molecular weight is 590 g/mol. The topological polar surface area (TPSA) is 142 Å². The lowest BCUT2D eigenvalue weighted by Gasteiger charge is -2.51. The van der Waals surface area contributed by atoms with Gasteiger partial charge in [-0.25, -0.2) is 0 Å². The number of aliphatic hydroxyl groups is 1. The summed E-state index contributed by atoms with van der Waals surface area (Å²) in [6, 6.07) is 6.01. The van der Waals surface area contributed by atoms with Crippen LogP contribution in [-0.4, -0.2) is 77.3 Å². The van der Waals surface area contributed by atoms with Gasteiger partial charge in [-0.15, -0.1) is 0 Å². The predicted octanol–water partition coefficient (Wildman–Crippen LogP) is 3.37. The number of rotatable bonds is 4. The molecule has 3 aromatic rings. The fraction of sp³-hybridized carbons (Fsp3) is 0.485. The molecule has 2 aromatic carbocycles. The minimum atomic E-state index is -0.951. The van der Waals surface area contributed by atoms with Crippen molar-refractivity contribution in [2.45, 2.75) is 76.3 Å². The molecular weight excluding hydrogens is 554 g/mol. The third kappa shape index (κ3) is 3.74. The molecule has 3 fully saturated rings. The molecule has 226 valence electrons. The van der Waals surface area contributed by atoms with Gasteiger partial charge in [0.05, 0.1) is 40.9 Å². The van der Waals surface area contributed by atoms with Gasteiger partial charge in [-0.2, -0.15) is 0 Å². The SMILES string of the molecule is Cc1cc2c(c3oc(C4(C)OC4C4OC4C)cc(=O)c13)C(=O)c1c(ccc(C3OCC(C)C(O)C3(C)N(C)C)c1O)C2=O. The molecule has 0 spiro atoms. The Balaban J connectivity index is 1.40. The summed E-state index contributed by atoms with van der Waals surface area (Å²) in [5.74, 6) is -1.43. The number of carbonyl (C=O) groups excluding carboxylic acids is 2. The molecule has 10 heteroatoms. The number of phenolic OH excluding ortho intramolecular Hbond substituents is 1. The Morgan fingerprint density at radius 2 is 1.70 bits per heavy atom. The molecule has 4 aliphatic rings. The first-order chi connectivity index (χ1) is 20.2. The van der Waals surface area contributed by atoms with Gasteiger partial charge in [0, 0.05) is 28.7 Å². The number of aliphatic hydroxyl groups excluding tert-OH is 1. The standard InChI is InChI=1S/C33H35NO9/c1-13-10-18-23(28-21(13)19(35)11-20(42-28)33(5)31(43-33)27-15(3)41-27)26(38)22-16(24(18)36)8-9-17(25(22)37)30-32(4,34(6)7)29(39)14(2)12-40-30/h8-11,14-15,27,29-31,37,39H,12H2,1-7H3. The third-order valence-electron chi connectivity index (χ3n) is 10.2. The van der Waals surface area contributed by atoms with Gasteiger partial charge in [0.1, 0.15) is 35.4 Å². The van der Waals surface area contributed by atoms with Crippen LogP contribution in [0.4, 0.5) is 0 Å². The Kier molecular flexibility index (Phi) is 5.97. The molecule has 1 aromatic heterocycles. The van der Waals surface area contributed by atoms with Crippen LogP contribution in [0.5, 0.6) is 5.75 Å². The van der Waals surface area contributed by atoms with Crippen LogP contribution in [-0.2, 0) is 19.8 Å². The molecule has 8 atom stereocenters. The van der Waals surface area contributed by atoms with Crippen molar-refractivity contribution >= 4 is 22.5 Å². The maximum absolute atomic E-state index is 14.3. The smallest absolute Gasteiger partial charge is 0.202 e. The number of nitrogens with zero attached hydrogens (tertiary/aromatic N) is 1. The number of hydrogen-bond donors (Lipinski definition) is 2. The van der Waals surface area contributed by atoms with Crippen LogP contribution < -0.4 is 5.43 Å². The molecule has 0 bridgehead atoms. The normalized spacial score (nSPS) is 34.8. The monoisotopic (exact) mass is 589 g/mol. The van der Waals surface area contributed by atoms with Gasteiger partial charge in [0.15, 0.2) is 16.8 Å². The number of epoxide rings is 2. The summed E-state index contributed by atoms with van der Waals surface area (Å²) in [5.41, 5.74) is -1.57. The summed E-state index contributed by atoms with van der Waals surface area (Å²) in [4.78, 5) is 43.5. The molecule has 4 heterocycles. The summed E-state index contributed by atoms with van der Waals surface area (Å²) in [6.45, 7) is 9.40. The molecule has 1 aliphatic carbocycles. The van der Waals surface area contributed by atoms with Crippen molar-refractivity contribution in [3.63, 3.8) is 0 Å². The fourth-order valence-corrected chi connectivity index (χ4v) is 7.15. The van der Waals surface area contributed by atoms with Gasteiger partial charge < -0.3 is 28.8 Å². The van der Waals surface area contributed by atoms with E-state index in [1.54, 1.807) is 19.9 Å². The maximum Gasteiger partial charge on any atom is 0.202 e. The fourth-order valence-electron chi connectivity index (χ4n) is 7.15. The van der Waals surface area contributed by atoms with E-state index in [2.05, 4.69) is 0 Å². The Labute approximate surface area is 248 Å². The number of fused-ring (bicyclic) bond motifs is 4. The van der Waals surface area contributed by atoms with Gasteiger partial charge in [-0.05, 0) is 59.5 Å². The van der Waals surface area contributed by atoms with E-state index in [1.165, 1.54) is 18.2 Å². The van der Waals surface area contributed by atoms with Crippen molar-refractivity contribution in [3.05, 3.63) is 73.6 Å². The molecule has 8 unspecified atom stereocenters. The Morgan fingerprint density at radius 1 is 1.00 bits per heavy atom. The molecule has 3 aliphatic heterocycles. The number of aromatic hydroxyl groups is 1. The van der Waals surface area contributed by atoms with E-state index in [9.17, 15) is 24.6 Å². The first kappa shape index (κ1) is 28.4. The van der Waals surface area contributed by atoms with Crippen LogP contribution in [0.25, 0.3) is 11.0 Å². The van der Waals surface area contributed by atoms with Crippen molar-refractivity contribution in [1.29, 1.82) is 0 Å². The van der Waals surface area contributed by atoms with Crippen LogP contribution in [0.2, 0.25) is 0 Å². The summed E-state index contributed by atoms with van der Waals surface area (Å²) in [6.07, 6.45) is -1.98. The molecule has 43 heavy (non-hydrogen) atoms. The van der Waals surface area contributed by atoms with Crippen molar-refractivity contribution in [2.24, 2.45) is 5.92 Å². The Bertz CT molecular complexity index is 1810. The zero-order valence-corrected chi connectivity index (χ0v) is 25.2. The average Bonchev–Trinajstić information content (AvgIpc) is 3.86. The summed E-state index contributed by atoms with van der Waals surface area (Å²) < 4.78 is 24.0. The van der Waals surface area contributed by atoms with Crippen LogP contribution in [0.15, 0.2) is 33.5 Å². The zero-order chi connectivity index (χ0) is 30.9. The number of ketones is 2. The van der Waals surface area contributed by atoms with Crippen molar-refractivity contribution in [2.75, 3.05) is 20.7 Å². The van der Waals surface area contributed by atoms with Crippen LogP contribution >= 0.6 is 0 Å². The number of likely N-dealkylation sites (N-methyl/N-ethyl adjacent to an activating group) is 1. The highest BCUT2D eigenvalue weighted by Crippen LogP contribution is 2.53. The highest BCUT2D eigenvalue weighted by molar-refractivity contribution is 6.32. The first-order valence-electron chi connectivity index (χ1n) is 14.6. The zero-order valence-electron chi connectivity index (χ0n) is 25.2. The number of aryl methyl sites for hydroxylation is 1. The van der Waals surface area contributed by atoms with E-state index >= 15 is 0 Å². The Morgan fingerprint density at radius 3 is 2.35 bits per heavy atom. The van der Waals surface area contributed by atoms with E-state index in [0.29, 0.717) is 5.56 Å². The highest BCUT2D eigenvalue weighted by Gasteiger charge is 2.66. The van der Waals surface area contributed by atoms with Crippen molar-refractivity contribution < 1.29 is 38.4 Å². The number of hydrogen-bond acceptors (Lipinski definition) is 10. The van der Waals surface area contributed by atoms with E-state index in [0.717, 1.165) is 0 Å². The van der Waals surface area contributed by atoms with Crippen LogP contribution in [0.3, 0.4) is 0 Å². The van der Waals surface area contributed by atoms with Crippen molar-refractivity contribution in [3.8, 4) is 5.75 Å². The second-order valence-electron chi connectivity index (χ2n) is 13.1. The van der Waals surface area contributed by atoms with Crippen molar-refractivity contribution in [1.82, 2.24) is 4.90 Å². The Hall–Kier alpha value is -3.41. The molecule has 0 amide bonds. The molecule has 7 rings (SSSR count). The van der Waals surface area contributed by atoms with Gasteiger partial charge in [0.2, 0.25) is 5.78 Å². The number of benzene rings is 2. The molecule has 0 radical (unpaired) electrons.